The molecule has 0 saturated carbocycles. The predicted molar refractivity (Wildman–Crippen MR) is 124 cm³/mol. The number of carbonyl (C=O) groups is 3. The molecule has 1 aromatic rings. The largest absolute Gasteiger partial charge is 0.491 e. The van der Waals surface area contributed by atoms with E-state index in [-0.39, 0.29) is 37.5 Å². The molecule has 0 unspecified atom stereocenters. The summed E-state index contributed by atoms with van der Waals surface area (Å²) < 4.78 is 5.53. The van der Waals surface area contributed by atoms with Gasteiger partial charge in [0.1, 0.15) is 18.4 Å². The molecule has 3 atom stereocenters. The minimum atomic E-state index is -0.653. The van der Waals surface area contributed by atoms with Crippen LogP contribution in [0.4, 0.5) is 0 Å². The van der Waals surface area contributed by atoms with Gasteiger partial charge < -0.3 is 30.3 Å². The minimum absolute atomic E-state index is 0.0617. The molecule has 3 rings (SSSR count). The molecular formula is C24H36N4O5. The molecule has 0 radical (unpaired) electrons. The van der Waals surface area contributed by atoms with Crippen LogP contribution in [0.25, 0.3) is 0 Å². The molecule has 182 valence electrons. The highest BCUT2D eigenvalue weighted by Gasteiger charge is 2.52. The highest BCUT2D eigenvalue weighted by molar-refractivity contribution is 5.97. The van der Waals surface area contributed by atoms with E-state index in [1.165, 1.54) is 0 Å². The molecule has 0 spiro atoms. The van der Waals surface area contributed by atoms with Crippen molar-refractivity contribution in [2.45, 2.75) is 44.2 Å². The summed E-state index contributed by atoms with van der Waals surface area (Å²) >= 11 is 0. The van der Waals surface area contributed by atoms with Crippen molar-refractivity contribution < 1.29 is 24.2 Å². The van der Waals surface area contributed by atoms with Crippen LogP contribution in [0.3, 0.4) is 0 Å². The van der Waals surface area contributed by atoms with E-state index in [2.05, 4.69) is 29.6 Å². The summed E-state index contributed by atoms with van der Waals surface area (Å²) in [6.07, 6.45) is 4.48. The number of carbonyl (C=O) groups excluding carboxylic acids is 3. The maximum atomic E-state index is 13.2. The van der Waals surface area contributed by atoms with Crippen molar-refractivity contribution >= 4 is 17.7 Å². The van der Waals surface area contributed by atoms with Crippen molar-refractivity contribution in [3.8, 4) is 5.75 Å². The normalized spacial score (nSPS) is 22.3. The number of aliphatic hydroxyl groups excluding tert-OH is 1. The van der Waals surface area contributed by atoms with Gasteiger partial charge in [-0.1, -0.05) is 25.0 Å². The monoisotopic (exact) mass is 460 g/mol. The summed E-state index contributed by atoms with van der Waals surface area (Å²) in [5.41, 5.74) is 0.750. The van der Waals surface area contributed by atoms with Gasteiger partial charge in [0.2, 0.25) is 17.7 Å². The summed E-state index contributed by atoms with van der Waals surface area (Å²) in [6, 6.07) is 6.01. The Balaban J connectivity index is 1.69. The van der Waals surface area contributed by atoms with Gasteiger partial charge in [0.05, 0.1) is 25.1 Å². The van der Waals surface area contributed by atoms with Crippen LogP contribution < -0.4 is 15.4 Å². The number of unbranched alkanes of at least 4 members (excludes halogenated alkanes) is 3. The van der Waals surface area contributed by atoms with Gasteiger partial charge in [-0.3, -0.25) is 14.4 Å². The van der Waals surface area contributed by atoms with Crippen molar-refractivity contribution in [1.82, 2.24) is 20.4 Å². The van der Waals surface area contributed by atoms with E-state index in [9.17, 15) is 14.4 Å². The van der Waals surface area contributed by atoms with Crippen LogP contribution in [-0.2, 0) is 14.4 Å². The number of amides is 3. The van der Waals surface area contributed by atoms with Crippen molar-refractivity contribution in [1.29, 1.82) is 0 Å². The average molecular weight is 461 g/mol. The van der Waals surface area contributed by atoms with Crippen molar-refractivity contribution in [3.63, 3.8) is 0 Å². The summed E-state index contributed by atoms with van der Waals surface area (Å²) in [6.45, 7) is 1.62. The third-order valence-electron chi connectivity index (χ3n) is 6.23. The fourth-order valence-corrected chi connectivity index (χ4v) is 4.65. The lowest BCUT2D eigenvalue weighted by molar-refractivity contribution is -0.145. The third-order valence-corrected chi connectivity index (χ3v) is 6.23. The first kappa shape index (κ1) is 25.0. The molecule has 1 aromatic carbocycles. The van der Waals surface area contributed by atoms with E-state index < -0.39 is 18.0 Å². The number of hydrogen-bond acceptors (Lipinski definition) is 6. The van der Waals surface area contributed by atoms with Crippen molar-refractivity contribution in [2.75, 3.05) is 46.9 Å². The SMILES string of the molecule is CN(C)CCCCCCNC(=O)[C@H]1C[C@H]2C(=O)NCC(=O)N2[C@H]1c1cccc(OCCO)c1. The number of nitrogens with one attached hydrogen (secondary N) is 2. The number of ether oxygens (including phenoxy) is 1. The first-order valence-electron chi connectivity index (χ1n) is 11.8. The van der Waals surface area contributed by atoms with Crippen molar-refractivity contribution in [2.24, 2.45) is 5.92 Å². The summed E-state index contributed by atoms with van der Waals surface area (Å²) in [7, 11) is 4.12. The second kappa shape index (κ2) is 12.0. The third kappa shape index (κ3) is 6.45. The molecule has 2 fully saturated rings. The Labute approximate surface area is 195 Å². The minimum Gasteiger partial charge on any atom is -0.491 e. The molecule has 2 aliphatic heterocycles. The second-order valence-electron chi connectivity index (χ2n) is 8.97. The molecule has 9 heteroatoms. The summed E-state index contributed by atoms with van der Waals surface area (Å²) in [4.78, 5) is 42.1. The fourth-order valence-electron chi connectivity index (χ4n) is 4.65. The second-order valence-corrected chi connectivity index (χ2v) is 8.97. The summed E-state index contributed by atoms with van der Waals surface area (Å²) in [5, 5.41) is 14.7. The molecule has 2 saturated heterocycles. The molecule has 0 aliphatic carbocycles. The van der Waals surface area contributed by atoms with E-state index in [0.29, 0.717) is 18.7 Å². The maximum absolute atomic E-state index is 13.2. The van der Waals surface area contributed by atoms with E-state index in [4.69, 9.17) is 9.84 Å². The lowest BCUT2D eigenvalue weighted by atomic mass is 9.92. The number of hydrogen-bond donors (Lipinski definition) is 3. The van der Waals surface area contributed by atoms with Crippen LogP contribution in [-0.4, -0.2) is 85.6 Å². The molecule has 2 heterocycles. The van der Waals surface area contributed by atoms with Gasteiger partial charge in [0, 0.05) is 6.54 Å². The first-order valence-corrected chi connectivity index (χ1v) is 11.8. The van der Waals surface area contributed by atoms with E-state index >= 15 is 0 Å². The number of aliphatic hydroxyl groups is 1. The Morgan fingerprint density at radius 3 is 2.79 bits per heavy atom. The Hall–Kier alpha value is -2.65. The Morgan fingerprint density at radius 1 is 1.24 bits per heavy atom. The van der Waals surface area contributed by atoms with Gasteiger partial charge in [-0.15, -0.1) is 0 Å². The van der Waals surface area contributed by atoms with Crippen LogP contribution >= 0.6 is 0 Å². The Kier molecular flexibility index (Phi) is 9.08. The zero-order valence-corrected chi connectivity index (χ0v) is 19.6. The molecule has 33 heavy (non-hydrogen) atoms. The van der Waals surface area contributed by atoms with Gasteiger partial charge >= 0.3 is 0 Å². The van der Waals surface area contributed by atoms with Gasteiger partial charge in [0.25, 0.3) is 0 Å². The van der Waals surface area contributed by atoms with Gasteiger partial charge in [-0.2, -0.15) is 0 Å². The predicted octanol–water partition coefficient (Wildman–Crippen LogP) is 0.684. The average Bonchev–Trinajstić information content (AvgIpc) is 3.21. The van der Waals surface area contributed by atoms with Crippen LogP contribution in [0.2, 0.25) is 0 Å². The molecular weight excluding hydrogens is 424 g/mol. The quantitative estimate of drug-likeness (QED) is 0.396. The van der Waals surface area contributed by atoms with Crippen LogP contribution in [0.1, 0.15) is 43.7 Å². The van der Waals surface area contributed by atoms with Gasteiger partial charge in [-0.25, -0.2) is 0 Å². The Bertz CT molecular complexity index is 831. The molecule has 3 N–H and O–H groups in total. The fraction of sp³-hybridized carbons (Fsp3) is 0.625. The molecule has 9 nitrogen and oxygen atoms in total. The lowest BCUT2D eigenvalue weighted by Crippen LogP contribution is -2.56. The zero-order chi connectivity index (χ0) is 23.8. The highest BCUT2D eigenvalue weighted by Crippen LogP contribution is 2.43. The standard InChI is InChI=1S/C24H36N4O5/c1-27(2)11-6-4-3-5-10-25-23(31)19-15-20-24(32)26-16-21(30)28(20)22(19)17-8-7-9-18(14-17)33-13-12-29/h7-9,14,19-20,22,29H,3-6,10-13,15-16H2,1-2H3,(H,25,31)(H,26,32)/t19-,20-,22-/m0/s1. The van der Waals surface area contributed by atoms with E-state index in [0.717, 1.165) is 37.8 Å². The number of rotatable bonds is 12. The Morgan fingerprint density at radius 2 is 2.03 bits per heavy atom. The molecule has 3 amide bonds. The van der Waals surface area contributed by atoms with Gasteiger partial charge in [0.15, 0.2) is 0 Å². The maximum Gasteiger partial charge on any atom is 0.243 e. The molecule has 0 aromatic heterocycles. The van der Waals surface area contributed by atoms with Crippen LogP contribution in [0, 0.1) is 5.92 Å². The topological polar surface area (TPSA) is 111 Å². The van der Waals surface area contributed by atoms with Crippen molar-refractivity contribution in [3.05, 3.63) is 29.8 Å². The number of piperazine rings is 1. The number of nitrogens with zero attached hydrogens (tertiary/aromatic N) is 2. The molecule has 0 bridgehead atoms. The number of benzene rings is 1. The van der Waals surface area contributed by atoms with Crippen LogP contribution in [0.15, 0.2) is 24.3 Å². The van der Waals surface area contributed by atoms with Gasteiger partial charge in [-0.05, 0) is 57.6 Å². The zero-order valence-electron chi connectivity index (χ0n) is 19.6. The molecule has 2 aliphatic rings. The first-order chi connectivity index (χ1) is 15.9. The number of fused-ring (bicyclic) bond motifs is 1. The van der Waals surface area contributed by atoms with E-state index in [1.807, 2.05) is 6.07 Å². The highest BCUT2D eigenvalue weighted by atomic mass is 16.5. The smallest absolute Gasteiger partial charge is 0.243 e. The van der Waals surface area contributed by atoms with Crippen LogP contribution in [0.5, 0.6) is 5.75 Å². The van der Waals surface area contributed by atoms with E-state index in [1.54, 1.807) is 23.1 Å². The summed E-state index contributed by atoms with van der Waals surface area (Å²) in [5.74, 6) is -0.517. The lowest BCUT2D eigenvalue weighted by Gasteiger charge is -2.34.